The van der Waals surface area contributed by atoms with Crippen molar-refractivity contribution >= 4 is 5.91 Å². The first-order valence-electron chi connectivity index (χ1n) is 7.62. The Hall–Kier alpha value is -0.610. The quantitative estimate of drug-likeness (QED) is 0.781. The number of carbonyl (C=O) groups excluding carboxylic acids is 1. The SMILES string of the molecule is CC1(C(=O)N2CCN(C(C)(C)C)CC2)CCCCN1. The first-order valence-corrected chi connectivity index (χ1v) is 7.62. The second-order valence-electron chi connectivity index (χ2n) is 7.17. The molecule has 4 heteroatoms. The minimum absolute atomic E-state index is 0.210. The molecule has 0 bridgehead atoms. The highest BCUT2D eigenvalue weighted by atomic mass is 16.2. The summed E-state index contributed by atoms with van der Waals surface area (Å²) in [5, 5.41) is 3.43. The van der Waals surface area contributed by atoms with Crippen molar-refractivity contribution in [2.45, 2.75) is 58.0 Å². The van der Waals surface area contributed by atoms with Crippen LogP contribution in [0.15, 0.2) is 0 Å². The molecule has 0 aromatic rings. The van der Waals surface area contributed by atoms with E-state index in [-0.39, 0.29) is 11.1 Å². The van der Waals surface area contributed by atoms with Gasteiger partial charge in [0.15, 0.2) is 0 Å². The van der Waals surface area contributed by atoms with Crippen molar-refractivity contribution in [3.63, 3.8) is 0 Å². The number of piperazine rings is 1. The number of hydrogen-bond acceptors (Lipinski definition) is 3. The van der Waals surface area contributed by atoms with Crippen LogP contribution in [0.3, 0.4) is 0 Å². The number of rotatable bonds is 1. The third kappa shape index (κ3) is 3.29. The molecule has 2 aliphatic rings. The van der Waals surface area contributed by atoms with Gasteiger partial charge in [0, 0.05) is 31.7 Å². The van der Waals surface area contributed by atoms with Crippen molar-refractivity contribution in [2.75, 3.05) is 32.7 Å². The fourth-order valence-electron chi connectivity index (χ4n) is 3.17. The Morgan fingerprint density at radius 3 is 2.21 bits per heavy atom. The van der Waals surface area contributed by atoms with Crippen LogP contribution < -0.4 is 5.32 Å². The molecule has 1 amide bonds. The van der Waals surface area contributed by atoms with E-state index in [1.807, 2.05) is 0 Å². The van der Waals surface area contributed by atoms with Gasteiger partial charge in [-0.1, -0.05) is 0 Å². The lowest BCUT2D eigenvalue weighted by molar-refractivity contribution is -0.141. The summed E-state index contributed by atoms with van der Waals surface area (Å²) in [6, 6.07) is 0. The van der Waals surface area contributed by atoms with Gasteiger partial charge in [-0.05, 0) is 53.5 Å². The Kier molecular flexibility index (Phi) is 4.21. The van der Waals surface area contributed by atoms with E-state index in [0.717, 1.165) is 45.6 Å². The average Bonchev–Trinajstić information content (AvgIpc) is 2.38. The summed E-state index contributed by atoms with van der Waals surface area (Å²) >= 11 is 0. The number of carbonyl (C=O) groups is 1. The Morgan fingerprint density at radius 1 is 1.11 bits per heavy atom. The predicted octanol–water partition coefficient (Wildman–Crippen LogP) is 1.46. The minimum Gasteiger partial charge on any atom is -0.339 e. The molecule has 2 fully saturated rings. The van der Waals surface area contributed by atoms with Gasteiger partial charge in [-0.25, -0.2) is 0 Å². The van der Waals surface area contributed by atoms with E-state index < -0.39 is 0 Å². The fraction of sp³-hybridized carbons (Fsp3) is 0.933. The van der Waals surface area contributed by atoms with Crippen LogP contribution in [-0.4, -0.2) is 59.5 Å². The lowest BCUT2D eigenvalue weighted by Crippen LogP contribution is -2.62. The van der Waals surface area contributed by atoms with Gasteiger partial charge >= 0.3 is 0 Å². The number of piperidine rings is 1. The van der Waals surface area contributed by atoms with Crippen LogP contribution in [0.25, 0.3) is 0 Å². The van der Waals surface area contributed by atoms with Gasteiger partial charge in [-0.2, -0.15) is 0 Å². The van der Waals surface area contributed by atoms with Crippen molar-refractivity contribution in [2.24, 2.45) is 0 Å². The molecule has 0 radical (unpaired) electrons. The van der Waals surface area contributed by atoms with Gasteiger partial charge in [0.1, 0.15) is 0 Å². The highest BCUT2D eigenvalue weighted by molar-refractivity contribution is 5.86. The average molecular weight is 267 g/mol. The Bertz CT molecular complexity index is 321. The summed E-state index contributed by atoms with van der Waals surface area (Å²) in [6.07, 6.45) is 3.34. The Labute approximate surface area is 117 Å². The van der Waals surface area contributed by atoms with E-state index >= 15 is 0 Å². The third-order valence-corrected chi connectivity index (χ3v) is 4.61. The lowest BCUT2D eigenvalue weighted by Gasteiger charge is -2.45. The normalized spacial score (nSPS) is 30.4. The predicted molar refractivity (Wildman–Crippen MR) is 78.2 cm³/mol. The highest BCUT2D eigenvalue weighted by Crippen LogP contribution is 2.23. The largest absolute Gasteiger partial charge is 0.339 e. The molecule has 2 saturated heterocycles. The molecule has 2 heterocycles. The molecule has 2 aliphatic heterocycles. The van der Waals surface area contributed by atoms with E-state index in [1.165, 1.54) is 6.42 Å². The Balaban J connectivity index is 1.92. The molecule has 0 aliphatic carbocycles. The van der Waals surface area contributed by atoms with Crippen LogP contribution in [0.4, 0.5) is 0 Å². The molecule has 0 aromatic heterocycles. The van der Waals surface area contributed by atoms with E-state index in [4.69, 9.17) is 0 Å². The molecule has 0 spiro atoms. The van der Waals surface area contributed by atoms with E-state index in [9.17, 15) is 4.79 Å². The minimum atomic E-state index is -0.317. The second-order valence-corrected chi connectivity index (χ2v) is 7.17. The fourth-order valence-corrected chi connectivity index (χ4v) is 3.17. The third-order valence-electron chi connectivity index (χ3n) is 4.61. The summed E-state index contributed by atoms with van der Waals surface area (Å²) in [4.78, 5) is 17.2. The highest BCUT2D eigenvalue weighted by Gasteiger charge is 2.39. The van der Waals surface area contributed by atoms with Crippen LogP contribution in [0, 0.1) is 0 Å². The summed E-state index contributed by atoms with van der Waals surface area (Å²) in [6.45, 7) is 13.5. The zero-order valence-corrected chi connectivity index (χ0v) is 13.0. The molecule has 1 N–H and O–H groups in total. The topological polar surface area (TPSA) is 35.6 Å². The molecule has 0 saturated carbocycles. The van der Waals surface area contributed by atoms with Crippen molar-refractivity contribution < 1.29 is 4.79 Å². The molecular formula is C15H29N3O. The molecule has 1 unspecified atom stereocenters. The van der Waals surface area contributed by atoms with Crippen LogP contribution >= 0.6 is 0 Å². The van der Waals surface area contributed by atoms with Gasteiger partial charge in [-0.3, -0.25) is 9.69 Å². The zero-order chi connectivity index (χ0) is 14.1. The molecule has 1 atom stereocenters. The molecule has 110 valence electrons. The standard InChI is InChI=1S/C15H29N3O/c1-14(2,3)18-11-9-17(10-12-18)13(19)15(4)7-5-6-8-16-15/h16H,5-12H2,1-4H3. The number of amides is 1. The van der Waals surface area contributed by atoms with E-state index in [0.29, 0.717) is 5.91 Å². The first-order chi connectivity index (χ1) is 8.83. The maximum absolute atomic E-state index is 12.7. The number of nitrogens with one attached hydrogen (secondary N) is 1. The van der Waals surface area contributed by atoms with Crippen molar-refractivity contribution in [1.29, 1.82) is 0 Å². The van der Waals surface area contributed by atoms with Gasteiger partial charge in [0.05, 0.1) is 5.54 Å². The van der Waals surface area contributed by atoms with Crippen LogP contribution in [0.2, 0.25) is 0 Å². The summed E-state index contributed by atoms with van der Waals surface area (Å²) in [5.74, 6) is 0.306. The van der Waals surface area contributed by atoms with Crippen LogP contribution in [-0.2, 0) is 4.79 Å². The van der Waals surface area contributed by atoms with Crippen molar-refractivity contribution in [1.82, 2.24) is 15.1 Å². The van der Waals surface area contributed by atoms with Gasteiger partial charge in [-0.15, -0.1) is 0 Å². The molecule has 0 aromatic carbocycles. The van der Waals surface area contributed by atoms with Crippen molar-refractivity contribution in [3.05, 3.63) is 0 Å². The zero-order valence-electron chi connectivity index (χ0n) is 13.0. The van der Waals surface area contributed by atoms with Crippen LogP contribution in [0.1, 0.15) is 47.0 Å². The lowest BCUT2D eigenvalue weighted by atomic mass is 9.89. The molecular weight excluding hydrogens is 238 g/mol. The van der Waals surface area contributed by atoms with Gasteiger partial charge in [0.2, 0.25) is 5.91 Å². The number of nitrogens with zero attached hydrogens (tertiary/aromatic N) is 2. The van der Waals surface area contributed by atoms with Gasteiger partial charge < -0.3 is 10.2 Å². The summed E-state index contributed by atoms with van der Waals surface area (Å²) in [7, 11) is 0. The second kappa shape index (κ2) is 5.41. The maximum Gasteiger partial charge on any atom is 0.242 e. The van der Waals surface area contributed by atoms with Crippen LogP contribution in [0.5, 0.6) is 0 Å². The van der Waals surface area contributed by atoms with Gasteiger partial charge in [0.25, 0.3) is 0 Å². The van der Waals surface area contributed by atoms with E-state index in [2.05, 4.69) is 42.8 Å². The van der Waals surface area contributed by atoms with Crippen molar-refractivity contribution in [3.8, 4) is 0 Å². The summed E-state index contributed by atoms with van der Waals surface area (Å²) in [5.41, 5.74) is -0.107. The Morgan fingerprint density at radius 2 is 1.74 bits per heavy atom. The molecule has 4 nitrogen and oxygen atoms in total. The summed E-state index contributed by atoms with van der Waals surface area (Å²) < 4.78 is 0. The molecule has 19 heavy (non-hydrogen) atoms. The van der Waals surface area contributed by atoms with E-state index in [1.54, 1.807) is 0 Å². The molecule has 2 rings (SSSR count). The number of hydrogen-bond donors (Lipinski definition) is 1. The maximum atomic E-state index is 12.7. The first kappa shape index (κ1) is 14.8. The monoisotopic (exact) mass is 267 g/mol. The smallest absolute Gasteiger partial charge is 0.242 e.